The molecule has 0 atom stereocenters. The van der Waals surface area contributed by atoms with Gasteiger partial charge in [0.1, 0.15) is 5.82 Å². The predicted molar refractivity (Wildman–Crippen MR) is 57.2 cm³/mol. The van der Waals surface area contributed by atoms with Crippen LogP contribution in [0.5, 0.6) is 0 Å². The van der Waals surface area contributed by atoms with E-state index in [4.69, 9.17) is 0 Å². The van der Waals surface area contributed by atoms with Crippen molar-refractivity contribution < 1.29 is 0 Å². The molecule has 0 aromatic carbocycles. The molecule has 2 aromatic heterocycles. The lowest BCUT2D eigenvalue weighted by atomic mass is 10.2. The number of hydrogen-bond donors (Lipinski definition) is 3. The van der Waals surface area contributed by atoms with E-state index in [9.17, 15) is 0 Å². The molecule has 2 heterocycles. The first-order chi connectivity index (χ1) is 7.25. The second kappa shape index (κ2) is 4.27. The Labute approximate surface area is 88.3 Å². The second-order valence-corrected chi connectivity index (χ2v) is 3.62. The maximum Gasteiger partial charge on any atom is 0.103 e. The quantitative estimate of drug-likeness (QED) is 0.698. The Balaban J connectivity index is 1.83. The van der Waals surface area contributed by atoms with Crippen LogP contribution >= 0.6 is 0 Å². The lowest BCUT2D eigenvalue weighted by Crippen LogP contribution is -2.13. The molecular weight excluding hydrogens is 190 g/mol. The highest BCUT2D eigenvalue weighted by molar-refractivity contribution is 5.14. The summed E-state index contributed by atoms with van der Waals surface area (Å²) in [4.78, 5) is 7.31. The summed E-state index contributed by atoms with van der Waals surface area (Å²) < 4.78 is 0. The molecule has 5 nitrogen and oxygen atoms in total. The molecule has 0 aliphatic carbocycles. The van der Waals surface area contributed by atoms with Gasteiger partial charge in [0.05, 0.1) is 6.20 Å². The van der Waals surface area contributed by atoms with Crippen LogP contribution in [-0.2, 0) is 13.1 Å². The highest BCUT2D eigenvalue weighted by atomic mass is 15.1. The molecule has 2 aromatic rings. The minimum Gasteiger partial charge on any atom is -0.345 e. The molecule has 80 valence electrons. The number of hydrogen-bond acceptors (Lipinski definition) is 3. The van der Waals surface area contributed by atoms with Crippen LogP contribution in [0.25, 0.3) is 0 Å². The maximum atomic E-state index is 4.14. The van der Waals surface area contributed by atoms with Crippen molar-refractivity contribution in [2.45, 2.75) is 26.9 Å². The molecule has 0 aliphatic rings. The van der Waals surface area contributed by atoms with E-state index in [2.05, 4.69) is 25.5 Å². The SMILES string of the molecule is Cc1ncc(CNCc2cn[nH]c2C)[nH]1. The molecular formula is C10H15N5. The number of imidazole rings is 1. The molecule has 0 saturated heterocycles. The third-order valence-corrected chi connectivity index (χ3v) is 2.32. The van der Waals surface area contributed by atoms with Gasteiger partial charge in [0.15, 0.2) is 0 Å². The molecule has 0 bridgehead atoms. The topological polar surface area (TPSA) is 69.4 Å². The van der Waals surface area contributed by atoms with Crippen LogP contribution in [0.15, 0.2) is 12.4 Å². The Morgan fingerprint density at radius 2 is 2.13 bits per heavy atom. The molecule has 0 aliphatic heterocycles. The van der Waals surface area contributed by atoms with E-state index in [-0.39, 0.29) is 0 Å². The summed E-state index contributed by atoms with van der Waals surface area (Å²) in [7, 11) is 0. The molecule has 0 amide bonds. The molecule has 5 heteroatoms. The average molecular weight is 205 g/mol. The summed E-state index contributed by atoms with van der Waals surface area (Å²) in [5.41, 5.74) is 3.42. The maximum absolute atomic E-state index is 4.14. The van der Waals surface area contributed by atoms with E-state index in [0.29, 0.717) is 0 Å². The Hall–Kier alpha value is -1.62. The number of nitrogens with one attached hydrogen (secondary N) is 3. The van der Waals surface area contributed by atoms with Crippen LogP contribution in [0, 0.1) is 13.8 Å². The van der Waals surface area contributed by atoms with E-state index >= 15 is 0 Å². The fraction of sp³-hybridized carbons (Fsp3) is 0.400. The second-order valence-electron chi connectivity index (χ2n) is 3.62. The van der Waals surface area contributed by atoms with Gasteiger partial charge in [-0.25, -0.2) is 4.98 Å². The van der Waals surface area contributed by atoms with E-state index in [1.165, 1.54) is 5.56 Å². The Bertz CT molecular complexity index is 428. The number of aromatic amines is 2. The van der Waals surface area contributed by atoms with Crippen LogP contribution in [0.3, 0.4) is 0 Å². The first-order valence-electron chi connectivity index (χ1n) is 4.96. The minimum atomic E-state index is 0.797. The van der Waals surface area contributed by atoms with Gasteiger partial charge in [-0.15, -0.1) is 0 Å². The van der Waals surface area contributed by atoms with E-state index in [1.807, 2.05) is 26.2 Å². The summed E-state index contributed by atoms with van der Waals surface area (Å²) in [6.07, 6.45) is 3.70. The predicted octanol–water partition coefficient (Wildman–Crippen LogP) is 1.04. The number of nitrogens with zero attached hydrogens (tertiary/aromatic N) is 2. The lowest BCUT2D eigenvalue weighted by molar-refractivity contribution is 0.679. The van der Waals surface area contributed by atoms with Crippen molar-refractivity contribution in [1.29, 1.82) is 0 Å². The first kappa shape index (κ1) is 9.92. The van der Waals surface area contributed by atoms with Gasteiger partial charge in [-0.05, 0) is 13.8 Å². The standard InChI is InChI=1S/C10H15N5/c1-7-9(4-13-15-7)3-11-5-10-6-12-8(2)14-10/h4,6,11H,3,5H2,1-2H3,(H,12,14)(H,13,15). The molecule has 2 rings (SSSR count). The van der Waals surface area contributed by atoms with Gasteiger partial charge in [-0.2, -0.15) is 5.10 Å². The van der Waals surface area contributed by atoms with E-state index in [0.717, 1.165) is 30.3 Å². The van der Waals surface area contributed by atoms with Gasteiger partial charge in [0.25, 0.3) is 0 Å². The van der Waals surface area contributed by atoms with Crippen LogP contribution in [0.2, 0.25) is 0 Å². The molecule has 15 heavy (non-hydrogen) atoms. The van der Waals surface area contributed by atoms with Gasteiger partial charge in [-0.1, -0.05) is 0 Å². The number of aryl methyl sites for hydroxylation is 2. The zero-order chi connectivity index (χ0) is 10.7. The lowest BCUT2D eigenvalue weighted by Gasteiger charge is -2.01. The average Bonchev–Trinajstić information content (AvgIpc) is 2.77. The number of rotatable bonds is 4. The van der Waals surface area contributed by atoms with E-state index in [1.54, 1.807) is 0 Å². The fourth-order valence-corrected chi connectivity index (χ4v) is 1.45. The first-order valence-corrected chi connectivity index (χ1v) is 4.96. The van der Waals surface area contributed by atoms with Crippen molar-refractivity contribution >= 4 is 0 Å². The summed E-state index contributed by atoms with van der Waals surface area (Å²) >= 11 is 0. The van der Waals surface area contributed by atoms with Crippen LogP contribution < -0.4 is 5.32 Å². The molecule has 0 radical (unpaired) electrons. The Morgan fingerprint density at radius 3 is 2.73 bits per heavy atom. The van der Waals surface area contributed by atoms with Crippen molar-refractivity contribution in [1.82, 2.24) is 25.5 Å². The summed E-state index contributed by atoms with van der Waals surface area (Å²) in [5.74, 6) is 0.950. The summed E-state index contributed by atoms with van der Waals surface area (Å²) in [6, 6.07) is 0. The molecule has 3 N–H and O–H groups in total. The summed E-state index contributed by atoms with van der Waals surface area (Å²) in [6.45, 7) is 5.58. The largest absolute Gasteiger partial charge is 0.345 e. The van der Waals surface area contributed by atoms with Crippen molar-refractivity contribution in [3.63, 3.8) is 0 Å². The van der Waals surface area contributed by atoms with Crippen LogP contribution in [0.4, 0.5) is 0 Å². The fourth-order valence-electron chi connectivity index (χ4n) is 1.45. The molecule has 0 unspecified atom stereocenters. The van der Waals surface area contributed by atoms with Gasteiger partial charge in [0.2, 0.25) is 0 Å². The van der Waals surface area contributed by atoms with Gasteiger partial charge in [-0.3, -0.25) is 5.10 Å². The number of aromatic nitrogens is 4. The summed E-state index contributed by atoms with van der Waals surface area (Å²) in [5, 5.41) is 10.2. The van der Waals surface area contributed by atoms with Crippen LogP contribution in [-0.4, -0.2) is 20.2 Å². The van der Waals surface area contributed by atoms with Crippen molar-refractivity contribution in [2.75, 3.05) is 0 Å². The molecule has 0 saturated carbocycles. The van der Waals surface area contributed by atoms with Crippen molar-refractivity contribution in [3.05, 3.63) is 35.2 Å². The monoisotopic (exact) mass is 205 g/mol. The van der Waals surface area contributed by atoms with Crippen molar-refractivity contribution in [2.24, 2.45) is 0 Å². The van der Waals surface area contributed by atoms with Crippen molar-refractivity contribution in [3.8, 4) is 0 Å². The van der Waals surface area contributed by atoms with E-state index < -0.39 is 0 Å². The molecule has 0 spiro atoms. The van der Waals surface area contributed by atoms with Crippen LogP contribution in [0.1, 0.15) is 22.8 Å². The van der Waals surface area contributed by atoms with Gasteiger partial charge < -0.3 is 10.3 Å². The third kappa shape index (κ3) is 2.44. The zero-order valence-corrected chi connectivity index (χ0v) is 8.96. The Kier molecular flexibility index (Phi) is 2.82. The smallest absolute Gasteiger partial charge is 0.103 e. The third-order valence-electron chi connectivity index (χ3n) is 2.32. The normalized spacial score (nSPS) is 10.8. The van der Waals surface area contributed by atoms with Gasteiger partial charge in [0, 0.05) is 36.2 Å². The Morgan fingerprint density at radius 1 is 1.27 bits per heavy atom. The minimum absolute atomic E-state index is 0.797. The highest BCUT2D eigenvalue weighted by Gasteiger charge is 2.00. The number of H-pyrrole nitrogens is 2. The van der Waals surface area contributed by atoms with Gasteiger partial charge >= 0.3 is 0 Å². The zero-order valence-electron chi connectivity index (χ0n) is 8.96. The highest BCUT2D eigenvalue weighted by Crippen LogP contribution is 2.02. The molecule has 0 fully saturated rings.